The number of nitrogens with zero attached hydrogens (tertiary/aromatic N) is 1. The maximum Gasteiger partial charge on any atom is 0.227 e. The minimum atomic E-state index is -0.490. The van der Waals surface area contributed by atoms with E-state index < -0.39 is 11.2 Å². The molecule has 0 spiro atoms. The lowest BCUT2D eigenvalue weighted by atomic mass is 10.1. The molecule has 1 heterocycles. The number of benzene rings is 1. The number of carbonyl (C=O) groups is 3. The molecule has 1 aromatic rings. The maximum atomic E-state index is 11.9. The van der Waals surface area contributed by atoms with Crippen molar-refractivity contribution in [2.75, 3.05) is 16.8 Å². The van der Waals surface area contributed by atoms with Crippen LogP contribution in [0.4, 0.5) is 11.4 Å². The first-order valence-corrected chi connectivity index (χ1v) is 6.78. The monoisotopic (exact) mass is 294 g/mol. The van der Waals surface area contributed by atoms with Crippen molar-refractivity contribution in [2.45, 2.75) is 19.8 Å². The van der Waals surface area contributed by atoms with Gasteiger partial charge in [-0.05, 0) is 29.8 Å². The summed E-state index contributed by atoms with van der Waals surface area (Å²) in [6.45, 7) is 2.05. The summed E-state index contributed by atoms with van der Waals surface area (Å²) in [5, 5.41) is 2.24. The second-order valence-corrected chi connectivity index (χ2v) is 5.03. The molecule has 0 aromatic heterocycles. The van der Waals surface area contributed by atoms with Crippen LogP contribution in [0.3, 0.4) is 0 Å². The predicted molar refractivity (Wildman–Crippen MR) is 76.7 cm³/mol. The Balaban J connectivity index is 2.17. The molecule has 1 atom stereocenters. The van der Waals surface area contributed by atoms with Crippen LogP contribution in [0.15, 0.2) is 24.3 Å². The van der Waals surface area contributed by atoms with Crippen LogP contribution in [0.25, 0.3) is 0 Å². The summed E-state index contributed by atoms with van der Waals surface area (Å²) >= 11 is 5.45. The number of nitrogens with one attached hydrogen (secondary N) is 1. The van der Waals surface area contributed by atoms with Crippen LogP contribution in [0.2, 0.25) is 0 Å². The Morgan fingerprint density at radius 3 is 2.80 bits per heavy atom. The number of anilines is 2. The lowest BCUT2D eigenvalue weighted by Gasteiger charge is -2.17. The van der Waals surface area contributed by atoms with E-state index in [2.05, 4.69) is 5.32 Å². The van der Waals surface area contributed by atoms with Crippen molar-refractivity contribution >= 4 is 40.0 Å². The molecule has 0 bridgehead atoms. The maximum absolute atomic E-state index is 11.9. The van der Waals surface area contributed by atoms with Gasteiger partial charge in [0.15, 0.2) is 0 Å². The molecule has 1 aliphatic rings. The zero-order chi connectivity index (χ0) is 14.7. The number of amides is 2. The molecule has 1 fully saturated rings. The molecule has 0 unspecified atom stereocenters. The number of halogens is 1. The van der Waals surface area contributed by atoms with Gasteiger partial charge >= 0.3 is 0 Å². The highest BCUT2D eigenvalue weighted by Crippen LogP contribution is 2.28. The number of rotatable bonds is 4. The van der Waals surface area contributed by atoms with Gasteiger partial charge < -0.3 is 10.2 Å². The average Bonchev–Trinajstić information content (AvgIpc) is 2.81. The molecule has 0 aliphatic carbocycles. The smallest absolute Gasteiger partial charge is 0.227 e. The zero-order valence-corrected chi connectivity index (χ0v) is 11.8. The van der Waals surface area contributed by atoms with Crippen molar-refractivity contribution in [3.8, 4) is 0 Å². The van der Waals surface area contributed by atoms with Gasteiger partial charge in [0.1, 0.15) is 0 Å². The fourth-order valence-electron chi connectivity index (χ4n) is 2.11. The van der Waals surface area contributed by atoms with E-state index >= 15 is 0 Å². The van der Waals surface area contributed by atoms with Crippen molar-refractivity contribution in [1.82, 2.24) is 0 Å². The SMILES string of the molecule is CCC(=O)Nc1cccc(N2C[C@H](C(=O)Cl)CC2=O)c1. The van der Waals surface area contributed by atoms with E-state index in [-0.39, 0.29) is 24.8 Å². The Morgan fingerprint density at radius 1 is 1.45 bits per heavy atom. The predicted octanol–water partition coefficient (Wildman–Crippen LogP) is 2.15. The van der Waals surface area contributed by atoms with Crippen LogP contribution in [0.5, 0.6) is 0 Å². The van der Waals surface area contributed by atoms with Crippen molar-refractivity contribution in [1.29, 1.82) is 0 Å². The van der Waals surface area contributed by atoms with Crippen molar-refractivity contribution in [3.05, 3.63) is 24.3 Å². The van der Waals surface area contributed by atoms with Gasteiger partial charge in [-0.2, -0.15) is 0 Å². The first-order valence-electron chi connectivity index (χ1n) is 6.41. The van der Waals surface area contributed by atoms with Crippen molar-refractivity contribution in [2.24, 2.45) is 5.92 Å². The molecule has 6 heteroatoms. The summed E-state index contributed by atoms with van der Waals surface area (Å²) in [7, 11) is 0. The third kappa shape index (κ3) is 3.17. The van der Waals surface area contributed by atoms with Crippen molar-refractivity contribution in [3.63, 3.8) is 0 Å². The van der Waals surface area contributed by atoms with E-state index in [4.69, 9.17) is 11.6 Å². The Morgan fingerprint density at radius 2 is 2.20 bits per heavy atom. The highest BCUT2D eigenvalue weighted by atomic mass is 35.5. The summed E-state index contributed by atoms with van der Waals surface area (Å²) < 4.78 is 0. The summed E-state index contributed by atoms with van der Waals surface area (Å²) in [5.74, 6) is -0.690. The molecule has 2 rings (SSSR count). The molecule has 1 aromatic carbocycles. The standard InChI is InChI=1S/C14H15ClN2O3/c1-2-12(18)16-10-4-3-5-11(7-10)17-8-9(14(15)20)6-13(17)19/h3-5,7,9H,2,6,8H2,1H3,(H,16,18)/t9-/m1/s1. The average molecular weight is 295 g/mol. The summed E-state index contributed by atoms with van der Waals surface area (Å²) in [5.41, 5.74) is 1.28. The lowest BCUT2D eigenvalue weighted by molar-refractivity contribution is -0.120. The normalized spacial score (nSPS) is 18.2. The van der Waals surface area contributed by atoms with E-state index in [0.29, 0.717) is 17.8 Å². The van der Waals surface area contributed by atoms with E-state index in [9.17, 15) is 14.4 Å². The first kappa shape index (κ1) is 14.5. The van der Waals surface area contributed by atoms with Gasteiger partial charge in [0.05, 0.1) is 5.92 Å². The summed E-state index contributed by atoms with van der Waals surface area (Å²) in [6.07, 6.45) is 0.517. The number of hydrogen-bond donors (Lipinski definition) is 1. The molecule has 0 saturated carbocycles. The third-order valence-electron chi connectivity index (χ3n) is 3.21. The summed E-state index contributed by atoms with van der Waals surface area (Å²) in [6, 6.07) is 6.98. The Bertz CT molecular complexity index is 559. The van der Waals surface area contributed by atoms with Gasteiger partial charge in [0.25, 0.3) is 0 Å². The van der Waals surface area contributed by atoms with Crippen LogP contribution in [0, 0.1) is 5.92 Å². The topological polar surface area (TPSA) is 66.5 Å². The molecular weight excluding hydrogens is 280 g/mol. The molecule has 106 valence electrons. The quantitative estimate of drug-likeness (QED) is 0.865. The Labute approximate surface area is 121 Å². The van der Waals surface area contributed by atoms with Gasteiger partial charge in [-0.25, -0.2) is 0 Å². The number of carbonyl (C=O) groups excluding carboxylic acids is 3. The van der Waals surface area contributed by atoms with E-state index in [1.165, 1.54) is 4.90 Å². The summed E-state index contributed by atoms with van der Waals surface area (Å²) in [4.78, 5) is 35.9. The van der Waals surface area contributed by atoms with E-state index in [0.717, 1.165) is 0 Å². The second-order valence-electron chi connectivity index (χ2n) is 4.66. The van der Waals surface area contributed by atoms with Crippen LogP contribution in [0.1, 0.15) is 19.8 Å². The molecule has 1 saturated heterocycles. The molecular formula is C14H15ClN2O3. The van der Waals surface area contributed by atoms with Crippen LogP contribution < -0.4 is 10.2 Å². The van der Waals surface area contributed by atoms with Gasteiger partial charge in [-0.3, -0.25) is 14.4 Å². The highest BCUT2D eigenvalue weighted by Gasteiger charge is 2.34. The molecule has 2 amide bonds. The molecule has 1 aliphatic heterocycles. The van der Waals surface area contributed by atoms with Crippen LogP contribution in [-0.4, -0.2) is 23.6 Å². The lowest BCUT2D eigenvalue weighted by Crippen LogP contribution is -2.25. The van der Waals surface area contributed by atoms with Crippen molar-refractivity contribution < 1.29 is 14.4 Å². The van der Waals surface area contributed by atoms with Gasteiger partial charge in [-0.15, -0.1) is 0 Å². The molecule has 20 heavy (non-hydrogen) atoms. The minimum Gasteiger partial charge on any atom is -0.326 e. The molecule has 5 nitrogen and oxygen atoms in total. The van der Waals surface area contributed by atoms with Gasteiger partial charge in [-0.1, -0.05) is 13.0 Å². The second kappa shape index (κ2) is 6.05. The minimum absolute atomic E-state index is 0.0938. The molecule has 1 N–H and O–H groups in total. The highest BCUT2D eigenvalue weighted by molar-refractivity contribution is 6.64. The molecule has 0 radical (unpaired) electrons. The Hall–Kier alpha value is -1.88. The van der Waals surface area contributed by atoms with Crippen LogP contribution >= 0.6 is 11.6 Å². The van der Waals surface area contributed by atoms with E-state index in [1.807, 2.05) is 0 Å². The number of hydrogen-bond acceptors (Lipinski definition) is 3. The van der Waals surface area contributed by atoms with Crippen LogP contribution in [-0.2, 0) is 14.4 Å². The van der Waals surface area contributed by atoms with Gasteiger partial charge in [0, 0.05) is 30.8 Å². The fourth-order valence-corrected chi connectivity index (χ4v) is 2.26. The Kier molecular flexibility index (Phi) is 4.39. The third-order valence-corrected chi connectivity index (χ3v) is 3.52. The van der Waals surface area contributed by atoms with E-state index in [1.54, 1.807) is 31.2 Å². The largest absolute Gasteiger partial charge is 0.326 e. The fraction of sp³-hybridized carbons (Fsp3) is 0.357. The zero-order valence-electron chi connectivity index (χ0n) is 11.1. The van der Waals surface area contributed by atoms with Gasteiger partial charge in [0.2, 0.25) is 17.1 Å². The first-order chi connectivity index (χ1) is 9.51.